The van der Waals surface area contributed by atoms with E-state index < -0.39 is 24.1 Å². The molecule has 9 nitrogen and oxygen atoms in total. The Bertz CT molecular complexity index is 1020. The Morgan fingerprint density at radius 2 is 2.15 bits per heavy atom. The molecule has 0 radical (unpaired) electrons. The van der Waals surface area contributed by atoms with Crippen molar-refractivity contribution in [1.82, 2.24) is 10.2 Å². The number of fused-ring (bicyclic) bond motifs is 3. The van der Waals surface area contributed by atoms with Crippen molar-refractivity contribution in [2.45, 2.75) is 44.4 Å². The summed E-state index contributed by atoms with van der Waals surface area (Å²) in [4.78, 5) is 39.4. The highest BCUT2D eigenvalue weighted by Crippen LogP contribution is 2.42. The SMILES string of the molecule is CC(=O)NC[C@@H]1OC(=O)N2c3cc(F)c(C4=CCN(C(=O)[C@@H]5CCCO5)CC4)cc3OC[C@@H]12. The van der Waals surface area contributed by atoms with Gasteiger partial charge in [-0.3, -0.25) is 14.5 Å². The normalized spacial score (nSPS) is 26.2. The lowest BCUT2D eigenvalue weighted by Gasteiger charge is -2.32. The third-order valence-corrected chi connectivity index (χ3v) is 6.55. The Labute approximate surface area is 190 Å². The molecule has 2 saturated heterocycles. The molecule has 0 saturated carbocycles. The van der Waals surface area contributed by atoms with E-state index in [-0.39, 0.29) is 31.1 Å². The van der Waals surface area contributed by atoms with Gasteiger partial charge in [0, 0.05) is 38.2 Å². The summed E-state index contributed by atoms with van der Waals surface area (Å²) in [5.74, 6) is -0.307. The van der Waals surface area contributed by atoms with Gasteiger partial charge in [-0.2, -0.15) is 0 Å². The number of amides is 3. The highest BCUT2D eigenvalue weighted by molar-refractivity contribution is 5.94. The third-order valence-electron chi connectivity index (χ3n) is 6.55. The molecule has 4 heterocycles. The summed E-state index contributed by atoms with van der Waals surface area (Å²) in [5, 5.41) is 2.64. The van der Waals surface area contributed by atoms with E-state index in [1.54, 1.807) is 11.0 Å². The van der Waals surface area contributed by atoms with Crippen molar-refractivity contribution in [3.63, 3.8) is 0 Å². The number of ether oxygens (including phenoxy) is 3. The molecule has 1 aromatic rings. The molecule has 0 aliphatic carbocycles. The van der Waals surface area contributed by atoms with Gasteiger partial charge in [-0.05, 0) is 30.9 Å². The first-order valence-corrected chi connectivity index (χ1v) is 11.2. The summed E-state index contributed by atoms with van der Waals surface area (Å²) < 4.78 is 31.9. The summed E-state index contributed by atoms with van der Waals surface area (Å²) in [6.07, 6.45) is 2.48. The van der Waals surface area contributed by atoms with Crippen molar-refractivity contribution in [2.24, 2.45) is 0 Å². The maximum absolute atomic E-state index is 15.2. The molecule has 0 aromatic heterocycles. The van der Waals surface area contributed by atoms with Crippen LogP contribution in [0.3, 0.4) is 0 Å². The zero-order valence-corrected chi connectivity index (χ0v) is 18.3. The lowest BCUT2D eigenvalue weighted by molar-refractivity contribution is -0.140. The molecular formula is C23H26FN3O6. The van der Waals surface area contributed by atoms with Crippen LogP contribution in [0.25, 0.3) is 5.57 Å². The molecule has 0 unspecified atom stereocenters. The van der Waals surface area contributed by atoms with Crippen molar-refractivity contribution in [3.05, 3.63) is 29.6 Å². The van der Waals surface area contributed by atoms with Crippen molar-refractivity contribution >= 4 is 29.2 Å². The largest absolute Gasteiger partial charge is 0.489 e. The molecule has 33 heavy (non-hydrogen) atoms. The fourth-order valence-corrected chi connectivity index (χ4v) is 4.81. The number of nitrogens with one attached hydrogen (secondary N) is 1. The number of cyclic esters (lactones) is 1. The molecule has 5 rings (SSSR count). The Morgan fingerprint density at radius 3 is 2.85 bits per heavy atom. The first kappa shape index (κ1) is 21.7. The van der Waals surface area contributed by atoms with Gasteiger partial charge in [0.2, 0.25) is 5.91 Å². The minimum absolute atomic E-state index is 0.00977. The van der Waals surface area contributed by atoms with Gasteiger partial charge < -0.3 is 24.4 Å². The molecular weight excluding hydrogens is 433 g/mol. The minimum Gasteiger partial charge on any atom is -0.489 e. The zero-order chi connectivity index (χ0) is 23.1. The maximum Gasteiger partial charge on any atom is 0.415 e. The van der Waals surface area contributed by atoms with Gasteiger partial charge >= 0.3 is 6.09 Å². The molecule has 0 spiro atoms. The zero-order valence-electron chi connectivity index (χ0n) is 18.3. The monoisotopic (exact) mass is 459 g/mol. The van der Waals surface area contributed by atoms with Crippen LogP contribution in [0, 0.1) is 5.82 Å². The third kappa shape index (κ3) is 4.03. The number of benzene rings is 1. The number of nitrogens with zero attached hydrogens (tertiary/aromatic N) is 2. The van der Waals surface area contributed by atoms with E-state index in [0.717, 1.165) is 18.4 Å². The van der Waals surface area contributed by atoms with Crippen LogP contribution in [0.5, 0.6) is 5.75 Å². The van der Waals surface area contributed by atoms with E-state index in [4.69, 9.17) is 14.2 Å². The van der Waals surface area contributed by atoms with Crippen molar-refractivity contribution < 1.29 is 33.0 Å². The van der Waals surface area contributed by atoms with E-state index in [2.05, 4.69) is 5.32 Å². The summed E-state index contributed by atoms with van der Waals surface area (Å²) in [6.45, 7) is 3.23. The maximum atomic E-state index is 15.2. The summed E-state index contributed by atoms with van der Waals surface area (Å²) in [5.41, 5.74) is 1.51. The molecule has 4 aliphatic heterocycles. The number of carbonyl (C=O) groups is 3. The van der Waals surface area contributed by atoms with Crippen LogP contribution < -0.4 is 15.0 Å². The summed E-state index contributed by atoms with van der Waals surface area (Å²) >= 11 is 0. The van der Waals surface area contributed by atoms with Crippen LogP contribution >= 0.6 is 0 Å². The lowest BCUT2D eigenvalue weighted by atomic mass is 9.97. The Kier molecular flexibility index (Phi) is 5.69. The number of anilines is 1. The fraction of sp³-hybridized carbons (Fsp3) is 0.522. The van der Waals surface area contributed by atoms with Crippen LogP contribution in [-0.4, -0.2) is 73.9 Å². The molecule has 0 bridgehead atoms. The van der Waals surface area contributed by atoms with Crippen LogP contribution in [0.2, 0.25) is 0 Å². The van der Waals surface area contributed by atoms with Crippen molar-refractivity contribution in [1.29, 1.82) is 0 Å². The van der Waals surface area contributed by atoms with Crippen molar-refractivity contribution in [2.75, 3.05) is 37.7 Å². The van der Waals surface area contributed by atoms with Gasteiger partial charge in [0.15, 0.2) is 0 Å². The second kappa shape index (κ2) is 8.66. The number of rotatable bonds is 4. The van der Waals surface area contributed by atoms with E-state index in [9.17, 15) is 14.4 Å². The van der Waals surface area contributed by atoms with Crippen LogP contribution in [-0.2, 0) is 19.1 Å². The van der Waals surface area contributed by atoms with Gasteiger partial charge in [-0.25, -0.2) is 9.18 Å². The predicted octanol–water partition coefficient (Wildman–Crippen LogP) is 1.84. The smallest absolute Gasteiger partial charge is 0.415 e. The second-order valence-electron chi connectivity index (χ2n) is 8.67. The molecule has 4 aliphatic rings. The number of halogens is 1. The summed E-state index contributed by atoms with van der Waals surface area (Å²) in [6, 6.07) is 2.45. The molecule has 10 heteroatoms. The quantitative estimate of drug-likeness (QED) is 0.738. The average Bonchev–Trinajstić information content (AvgIpc) is 3.45. The lowest BCUT2D eigenvalue weighted by Crippen LogP contribution is -2.47. The van der Waals surface area contributed by atoms with Gasteiger partial charge in [0.05, 0.1) is 12.2 Å². The van der Waals surface area contributed by atoms with E-state index in [0.29, 0.717) is 43.1 Å². The Hall–Kier alpha value is -3.14. The first-order valence-electron chi connectivity index (χ1n) is 11.2. The molecule has 3 atom stereocenters. The number of hydrogen-bond donors (Lipinski definition) is 1. The molecule has 1 aromatic carbocycles. The van der Waals surface area contributed by atoms with E-state index in [1.807, 2.05) is 6.08 Å². The van der Waals surface area contributed by atoms with Gasteiger partial charge in [0.1, 0.15) is 36.4 Å². The number of hydrogen-bond acceptors (Lipinski definition) is 6. The average molecular weight is 459 g/mol. The molecule has 1 N–H and O–H groups in total. The highest BCUT2D eigenvalue weighted by atomic mass is 19.1. The van der Waals surface area contributed by atoms with Gasteiger partial charge in [0.25, 0.3) is 5.91 Å². The predicted molar refractivity (Wildman–Crippen MR) is 115 cm³/mol. The van der Waals surface area contributed by atoms with Crippen molar-refractivity contribution in [3.8, 4) is 5.75 Å². The Balaban J connectivity index is 1.33. The van der Waals surface area contributed by atoms with Gasteiger partial charge in [-0.1, -0.05) is 6.08 Å². The van der Waals surface area contributed by atoms with E-state index >= 15 is 4.39 Å². The number of carbonyl (C=O) groups excluding carboxylic acids is 3. The Morgan fingerprint density at radius 1 is 1.30 bits per heavy atom. The van der Waals surface area contributed by atoms with Crippen LogP contribution in [0.15, 0.2) is 18.2 Å². The van der Waals surface area contributed by atoms with Crippen LogP contribution in [0.1, 0.15) is 31.7 Å². The molecule has 3 amide bonds. The molecule has 176 valence electrons. The highest BCUT2D eigenvalue weighted by Gasteiger charge is 2.47. The topological polar surface area (TPSA) is 97.4 Å². The second-order valence-corrected chi connectivity index (χ2v) is 8.67. The first-order chi connectivity index (χ1) is 15.9. The van der Waals surface area contributed by atoms with Gasteiger partial charge in [-0.15, -0.1) is 0 Å². The fourth-order valence-electron chi connectivity index (χ4n) is 4.81. The van der Waals surface area contributed by atoms with Crippen LogP contribution in [0.4, 0.5) is 14.9 Å². The standard InChI is InChI=1S/C23H26FN3O6/c1-13(28)25-11-21-18-12-32-20-9-15(16(24)10-17(20)27(18)23(30)33-21)14-4-6-26(7-5-14)22(29)19-3-2-8-31-19/h4,9-10,18-19,21H,2-3,5-8,11-12H2,1H3,(H,25,28)/t18-,19-,21-/m0/s1. The molecule has 2 fully saturated rings. The summed E-state index contributed by atoms with van der Waals surface area (Å²) in [7, 11) is 0. The minimum atomic E-state index is -0.591. The van der Waals surface area contributed by atoms with E-state index in [1.165, 1.54) is 17.9 Å².